The first-order chi connectivity index (χ1) is 8.70. The first kappa shape index (κ1) is 12.6. The van der Waals surface area contributed by atoms with Crippen molar-refractivity contribution in [2.75, 3.05) is 18.9 Å². The van der Waals surface area contributed by atoms with E-state index >= 15 is 0 Å². The summed E-state index contributed by atoms with van der Waals surface area (Å²) in [5, 5.41) is 0.857. The lowest BCUT2D eigenvalue weighted by molar-refractivity contribution is 0.0642. The normalized spacial score (nSPS) is 12.6. The number of hydrogen-bond acceptors (Lipinski definition) is 5. The number of nitrogen functional groups attached to an aromatic ring is 1. The third-order valence-electron chi connectivity index (χ3n) is 2.49. The van der Waals surface area contributed by atoms with E-state index in [9.17, 15) is 0 Å². The summed E-state index contributed by atoms with van der Waals surface area (Å²) in [6.07, 6.45) is 1.42. The highest BCUT2D eigenvalue weighted by atomic mass is 16.5. The molecule has 2 N–H and O–H groups in total. The minimum atomic E-state index is -0.0550. The zero-order valence-corrected chi connectivity index (χ0v) is 10.6. The highest BCUT2D eigenvalue weighted by Crippen LogP contribution is 2.23. The lowest BCUT2D eigenvalue weighted by Gasteiger charge is -2.14. The average molecular weight is 247 g/mol. The number of aromatic nitrogens is 2. The molecular weight excluding hydrogens is 230 g/mol. The summed E-state index contributed by atoms with van der Waals surface area (Å²) in [4.78, 5) is 8.32. The molecule has 0 aliphatic carbocycles. The summed E-state index contributed by atoms with van der Waals surface area (Å²) in [5.74, 6) is 0.562. The van der Waals surface area contributed by atoms with Gasteiger partial charge < -0.3 is 15.2 Å². The van der Waals surface area contributed by atoms with Crippen molar-refractivity contribution in [2.24, 2.45) is 0 Å². The molecule has 0 spiro atoms. The second kappa shape index (κ2) is 5.64. The molecule has 0 aliphatic rings. The fourth-order valence-corrected chi connectivity index (χ4v) is 1.65. The minimum absolute atomic E-state index is 0.0550. The summed E-state index contributed by atoms with van der Waals surface area (Å²) in [6.45, 7) is 5.11. The van der Waals surface area contributed by atoms with E-state index in [1.54, 1.807) is 6.07 Å². The molecule has 1 unspecified atom stereocenters. The topological polar surface area (TPSA) is 70.3 Å². The Balaban J connectivity index is 2.22. The predicted molar refractivity (Wildman–Crippen MR) is 70.5 cm³/mol. The maximum absolute atomic E-state index is 5.75. The fourth-order valence-electron chi connectivity index (χ4n) is 1.65. The molecule has 1 aromatic carbocycles. The number of anilines is 1. The number of benzene rings is 1. The highest BCUT2D eigenvalue weighted by Gasteiger charge is 2.09. The Labute approximate surface area is 106 Å². The van der Waals surface area contributed by atoms with E-state index in [4.69, 9.17) is 15.2 Å². The van der Waals surface area contributed by atoms with Crippen LogP contribution in [-0.4, -0.2) is 29.3 Å². The van der Waals surface area contributed by atoms with Gasteiger partial charge in [0, 0.05) is 12.3 Å². The van der Waals surface area contributed by atoms with Gasteiger partial charge in [0.2, 0.25) is 5.88 Å². The van der Waals surface area contributed by atoms with Gasteiger partial charge in [0.15, 0.2) is 0 Å². The van der Waals surface area contributed by atoms with Crippen molar-refractivity contribution < 1.29 is 9.47 Å². The van der Waals surface area contributed by atoms with E-state index in [1.165, 1.54) is 6.33 Å². The standard InChI is InChI=1S/C13H17N3O2/c1-3-17-7-9(2)18-13-11-5-4-10(14)6-12(11)15-8-16-13/h4-6,8-9H,3,7,14H2,1-2H3. The van der Waals surface area contributed by atoms with Gasteiger partial charge >= 0.3 is 0 Å². The maximum atomic E-state index is 5.75. The van der Waals surface area contributed by atoms with Crippen LogP contribution >= 0.6 is 0 Å². The van der Waals surface area contributed by atoms with Crippen molar-refractivity contribution in [3.63, 3.8) is 0 Å². The third-order valence-corrected chi connectivity index (χ3v) is 2.49. The van der Waals surface area contributed by atoms with Crippen LogP contribution in [0.15, 0.2) is 24.5 Å². The molecule has 5 nitrogen and oxygen atoms in total. The lowest BCUT2D eigenvalue weighted by Crippen LogP contribution is -2.19. The van der Waals surface area contributed by atoms with Crippen molar-refractivity contribution in [2.45, 2.75) is 20.0 Å². The number of fused-ring (bicyclic) bond motifs is 1. The smallest absolute Gasteiger partial charge is 0.224 e. The molecule has 2 aromatic rings. The van der Waals surface area contributed by atoms with Gasteiger partial charge in [0.1, 0.15) is 12.4 Å². The molecule has 96 valence electrons. The van der Waals surface area contributed by atoms with E-state index in [1.807, 2.05) is 26.0 Å². The van der Waals surface area contributed by atoms with E-state index in [2.05, 4.69) is 9.97 Å². The van der Waals surface area contributed by atoms with Gasteiger partial charge in [-0.1, -0.05) is 0 Å². The molecule has 0 aliphatic heterocycles. The Morgan fingerprint density at radius 1 is 1.33 bits per heavy atom. The van der Waals surface area contributed by atoms with Crippen molar-refractivity contribution >= 4 is 16.6 Å². The van der Waals surface area contributed by atoms with E-state index in [0.717, 1.165) is 10.9 Å². The molecule has 5 heteroatoms. The molecule has 1 heterocycles. The van der Waals surface area contributed by atoms with Gasteiger partial charge in [0.05, 0.1) is 17.5 Å². The molecule has 0 bridgehead atoms. The monoisotopic (exact) mass is 247 g/mol. The number of ether oxygens (including phenoxy) is 2. The molecule has 2 rings (SSSR count). The van der Waals surface area contributed by atoms with Crippen molar-refractivity contribution in [1.82, 2.24) is 9.97 Å². The Morgan fingerprint density at radius 2 is 2.17 bits per heavy atom. The van der Waals surface area contributed by atoms with Crippen LogP contribution in [0.2, 0.25) is 0 Å². The van der Waals surface area contributed by atoms with Gasteiger partial charge in [-0.3, -0.25) is 0 Å². The summed E-state index contributed by atoms with van der Waals surface area (Å²) in [5.41, 5.74) is 7.18. The van der Waals surface area contributed by atoms with Crippen LogP contribution in [0, 0.1) is 0 Å². The summed E-state index contributed by atoms with van der Waals surface area (Å²) in [6, 6.07) is 5.48. The first-order valence-electron chi connectivity index (χ1n) is 5.95. The minimum Gasteiger partial charge on any atom is -0.472 e. The van der Waals surface area contributed by atoms with Crippen LogP contribution in [0.25, 0.3) is 10.9 Å². The Kier molecular flexibility index (Phi) is 3.94. The van der Waals surface area contributed by atoms with Crippen LogP contribution in [0.3, 0.4) is 0 Å². The zero-order valence-electron chi connectivity index (χ0n) is 10.6. The van der Waals surface area contributed by atoms with Gasteiger partial charge in [0.25, 0.3) is 0 Å². The Bertz CT molecular complexity index is 531. The number of nitrogens with two attached hydrogens (primary N) is 1. The number of hydrogen-bond donors (Lipinski definition) is 1. The predicted octanol–water partition coefficient (Wildman–Crippen LogP) is 2.02. The first-order valence-corrected chi connectivity index (χ1v) is 5.95. The van der Waals surface area contributed by atoms with Gasteiger partial charge in [-0.15, -0.1) is 0 Å². The fraction of sp³-hybridized carbons (Fsp3) is 0.385. The SMILES string of the molecule is CCOCC(C)Oc1ncnc2cc(N)ccc12. The molecule has 1 aromatic heterocycles. The van der Waals surface area contributed by atoms with Crippen LogP contribution in [0.5, 0.6) is 5.88 Å². The highest BCUT2D eigenvalue weighted by molar-refractivity contribution is 5.85. The van der Waals surface area contributed by atoms with E-state index in [-0.39, 0.29) is 6.10 Å². The van der Waals surface area contributed by atoms with Gasteiger partial charge in [-0.2, -0.15) is 0 Å². The molecule has 0 fully saturated rings. The van der Waals surface area contributed by atoms with Crippen molar-refractivity contribution in [1.29, 1.82) is 0 Å². The van der Waals surface area contributed by atoms with Crippen molar-refractivity contribution in [3.8, 4) is 5.88 Å². The van der Waals surface area contributed by atoms with E-state index < -0.39 is 0 Å². The van der Waals surface area contributed by atoms with Crippen LogP contribution in [0.4, 0.5) is 5.69 Å². The largest absolute Gasteiger partial charge is 0.472 e. The Hall–Kier alpha value is -1.88. The number of rotatable bonds is 5. The Morgan fingerprint density at radius 3 is 2.94 bits per heavy atom. The molecule has 0 amide bonds. The summed E-state index contributed by atoms with van der Waals surface area (Å²) >= 11 is 0. The van der Waals surface area contributed by atoms with Crippen LogP contribution in [-0.2, 0) is 4.74 Å². The molecule has 0 radical (unpaired) electrons. The second-order valence-corrected chi connectivity index (χ2v) is 4.04. The van der Waals surface area contributed by atoms with Crippen molar-refractivity contribution in [3.05, 3.63) is 24.5 Å². The van der Waals surface area contributed by atoms with E-state index in [0.29, 0.717) is 24.8 Å². The maximum Gasteiger partial charge on any atom is 0.224 e. The van der Waals surface area contributed by atoms with Crippen LogP contribution in [0.1, 0.15) is 13.8 Å². The van der Waals surface area contributed by atoms with Crippen LogP contribution < -0.4 is 10.5 Å². The summed E-state index contributed by atoms with van der Waals surface area (Å²) < 4.78 is 11.1. The average Bonchev–Trinajstić information content (AvgIpc) is 2.36. The lowest BCUT2D eigenvalue weighted by atomic mass is 10.2. The zero-order chi connectivity index (χ0) is 13.0. The summed E-state index contributed by atoms with van der Waals surface area (Å²) in [7, 11) is 0. The molecule has 0 saturated carbocycles. The molecular formula is C13H17N3O2. The third kappa shape index (κ3) is 2.87. The molecule has 0 saturated heterocycles. The molecule has 18 heavy (non-hydrogen) atoms. The molecule has 1 atom stereocenters. The second-order valence-electron chi connectivity index (χ2n) is 4.04. The quantitative estimate of drug-likeness (QED) is 0.818. The number of nitrogens with zero attached hydrogens (tertiary/aromatic N) is 2. The van der Waals surface area contributed by atoms with Gasteiger partial charge in [-0.05, 0) is 32.0 Å². The van der Waals surface area contributed by atoms with Gasteiger partial charge in [-0.25, -0.2) is 9.97 Å².